The fourth-order valence-electron chi connectivity index (χ4n) is 2.70. The summed E-state index contributed by atoms with van der Waals surface area (Å²) >= 11 is 1.74. The Morgan fingerprint density at radius 2 is 1.64 bits per heavy atom. The van der Waals surface area contributed by atoms with Crippen LogP contribution in [0.4, 0.5) is 0 Å². The summed E-state index contributed by atoms with van der Waals surface area (Å²) in [4.78, 5) is 13.1. The van der Waals surface area contributed by atoms with Gasteiger partial charge in [0.05, 0.1) is 0 Å². The van der Waals surface area contributed by atoms with E-state index in [0.717, 1.165) is 33.9 Å². The second-order valence-electron chi connectivity index (χ2n) is 6.45. The highest BCUT2D eigenvalue weighted by Gasteiger charge is 2.07. The van der Waals surface area contributed by atoms with Crippen molar-refractivity contribution < 1.29 is 9.53 Å². The molecule has 0 aliphatic rings. The van der Waals surface area contributed by atoms with Gasteiger partial charge in [0, 0.05) is 28.3 Å². The molecule has 0 radical (unpaired) electrons. The highest BCUT2D eigenvalue weighted by atomic mass is 32.2. The molecule has 144 valence electrons. The predicted octanol–water partition coefficient (Wildman–Crippen LogP) is 5.70. The second kappa shape index (κ2) is 10.6. The molecule has 28 heavy (non-hydrogen) atoms. The molecular weight excluding hydrogens is 366 g/mol. The standard InChI is InChI=1S/C24H25NO2S/c1-2-16-25-24(26)20-12-14-22(15-13-20)28-18-21-10-6-7-11-23(21)27-17-19-8-4-3-5-9-19/h3-15H,2,16-18H2,1H3,(H,25,26). The van der Waals surface area contributed by atoms with Gasteiger partial charge in [0.15, 0.2) is 0 Å². The van der Waals surface area contributed by atoms with Crippen LogP contribution in [0.1, 0.15) is 34.8 Å². The van der Waals surface area contributed by atoms with Crippen molar-refractivity contribution in [1.29, 1.82) is 0 Å². The van der Waals surface area contributed by atoms with Crippen LogP contribution >= 0.6 is 11.8 Å². The molecule has 1 N–H and O–H groups in total. The highest BCUT2D eigenvalue weighted by molar-refractivity contribution is 7.98. The molecule has 0 spiro atoms. The molecule has 3 rings (SSSR count). The van der Waals surface area contributed by atoms with E-state index >= 15 is 0 Å². The Morgan fingerprint density at radius 3 is 2.39 bits per heavy atom. The Bertz CT molecular complexity index is 879. The summed E-state index contributed by atoms with van der Waals surface area (Å²) in [7, 11) is 0. The van der Waals surface area contributed by atoms with E-state index in [1.165, 1.54) is 0 Å². The summed E-state index contributed by atoms with van der Waals surface area (Å²) in [6.45, 7) is 3.31. The van der Waals surface area contributed by atoms with Gasteiger partial charge in [0.2, 0.25) is 0 Å². The SMILES string of the molecule is CCCNC(=O)c1ccc(SCc2ccccc2OCc2ccccc2)cc1. The average molecular weight is 392 g/mol. The van der Waals surface area contributed by atoms with Crippen LogP contribution in [-0.4, -0.2) is 12.5 Å². The lowest BCUT2D eigenvalue weighted by atomic mass is 10.2. The molecule has 4 heteroatoms. The molecule has 0 bridgehead atoms. The summed E-state index contributed by atoms with van der Waals surface area (Å²) < 4.78 is 6.03. The monoisotopic (exact) mass is 391 g/mol. The topological polar surface area (TPSA) is 38.3 Å². The predicted molar refractivity (Wildman–Crippen MR) is 116 cm³/mol. The van der Waals surface area contributed by atoms with Crippen molar-refractivity contribution in [2.24, 2.45) is 0 Å². The molecule has 0 heterocycles. The fraction of sp³-hybridized carbons (Fsp3) is 0.208. The van der Waals surface area contributed by atoms with E-state index in [0.29, 0.717) is 18.7 Å². The third-order valence-corrected chi connectivity index (χ3v) is 5.32. The van der Waals surface area contributed by atoms with Crippen LogP contribution in [0.15, 0.2) is 83.8 Å². The van der Waals surface area contributed by atoms with Crippen molar-refractivity contribution in [3.05, 3.63) is 95.6 Å². The Hall–Kier alpha value is -2.72. The highest BCUT2D eigenvalue weighted by Crippen LogP contribution is 2.28. The fourth-order valence-corrected chi connectivity index (χ4v) is 3.59. The largest absolute Gasteiger partial charge is 0.489 e. The van der Waals surface area contributed by atoms with Gasteiger partial charge in [-0.2, -0.15) is 0 Å². The van der Waals surface area contributed by atoms with Crippen LogP contribution in [0.25, 0.3) is 0 Å². The molecule has 0 fully saturated rings. The third kappa shape index (κ3) is 5.89. The molecule has 1 amide bonds. The number of carbonyl (C=O) groups excluding carboxylic acids is 1. The number of hydrogen-bond donors (Lipinski definition) is 1. The number of para-hydroxylation sites is 1. The zero-order chi connectivity index (χ0) is 19.6. The third-order valence-electron chi connectivity index (χ3n) is 4.26. The van der Waals surface area contributed by atoms with Crippen LogP contribution in [0.2, 0.25) is 0 Å². The number of benzene rings is 3. The van der Waals surface area contributed by atoms with E-state index in [2.05, 4.69) is 23.5 Å². The Balaban J connectivity index is 1.58. The van der Waals surface area contributed by atoms with Crippen molar-refractivity contribution in [1.82, 2.24) is 5.32 Å². The number of nitrogens with one attached hydrogen (secondary N) is 1. The Labute approximate surface area is 171 Å². The number of rotatable bonds is 9. The van der Waals surface area contributed by atoms with Crippen molar-refractivity contribution in [3.63, 3.8) is 0 Å². The molecule has 3 nitrogen and oxygen atoms in total. The lowest BCUT2D eigenvalue weighted by Crippen LogP contribution is -2.23. The molecule has 0 unspecified atom stereocenters. The van der Waals surface area contributed by atoms with Crippen LogP contribution < -0.4 is 10.1 Å². The van der Waals surface area contributed by atoms with E-state index in [4.69, 9.17) is 4.74 Å². The average Bonchev–Trinajstić information content (AvgIpc) is 2.76. The Morgan fingerprint density at radius 1 is 0.929 bits per heavy atom. The maximum atomic E-state index is 12.0. The summed E-state index contributed by atoms with van der Waals surface area (Å²) in [6.07, 6.45) is 0.936. The first-order valence-electron chi connectivity index (χ1n) is 9.52. The van der Waals surface area contributed by atoms with Gasteiger partial charge in [-0.1, -0.05) is 55.5 Å². The number of hydrogen-bond acceptors (Lipinski definition) is 3. The molecule has 0 atom stereocenters. The molecule has 3 aromatic rings. The first-order valence-corrected chi connectivity index (χ1v) is 10.5. The van der Waals surface area contributed by atoms with Crippen molar-refractivity contribution >= 4 is 17.7 Å². The maximum Gasteiger partial charge on any atom is 0.251 e. The molecule has 0 saturated carbocycles. The first-order chi connectivity index (χ1) is 13.8. The van der Waals surface area contributed by atoms with Gasteiger partial charge in [0.25, 0.3) is 5.91 Å². The zero-order valence-electron chi connectivity index (χ0n) is 16.1. The van der Waals surface area contributed by atoms with Crippen LogP contribution in [-0.2, 0) is 12.4 Å². The quantitative estimate of drug-likeness (QED) is 0.476. The number of amides is 1. The van der Waals surface area contributed by atoms with E-state index in [-0.39, 0.29) is 5.91 Å². The molecule has 0 aliphatic carbocycles. The minimum atomic E-state index is -0.0157. The number of ether oxygens (including phenoxy) is 1. The van der Waals surface area contributed by atoms with E-state index in [1.54, 1.807) is 11.8 Å². The maximum absolute atomic E-state index is 12.0. The van der Waals surface area contributed by atoms with Crippen LogP contribution in [0, 0.1) is 0 Å². The van der Waals surface area contributed by atoms with Gasteiger partial charge < -0.3 is 10.1 Å². The minimum absolute atomic E-state index is 0.0157. The van der Waals surface area contributed by atoms with Gasteiger partial charge in [-0.25, -0.2) is 0 Å². The molecule has 3 aromatic carbocycles. The normalized spacial score (nSPS) is 10.5. The van der Waals surface area contributed by atoms with Crippen LogP contribution in [0.5, 0.6) is 5.75 Å². The Kier molecular flexibility index (Phi) is 7.56. The number of thioether (sulfide) groups is 1. The lowest BCUT2D eigenvalue weighted by Gasteiger charge is -2.11. The van der Waals surface area contributed by atoms with Gasteiger partial charge in [-0.05, 0) is 42.3 Å². The summed E-state index contributed by atoms with van der Waals surface area (Å²) in [6, 6.07) is 26.1. The molecule has 0 aromatic heterocycles. The van der Waals surface area contributed by atoms with Gasteiger partial charge >= 0.3 is 0 Å². The molecular formula is C24H25NO2S. The van der Waals surface area contributed by atoms with Gasteiger partial charge in [-0.15, -0.1) is 11.8 Å². The minimum Gasteiger partial charge on any atom is -0.489 e. The number of carbonyl (C=O) groups is 1. The molecule has 0 saturated heterocycles. The van der Waals surface area contributed by atoms with Gasteiger partial charge in [0.1, 0.15) is 12.4 Å². The van der Waals surface area contributed by atoms with Crippen molar-refractivity contribution in [2.45, 2.75) is 30.6 Å². The lowest BCUT2D eigenvalue weighted by molar-refractivity contribution is 0.0953. The second-order valence-corrected chi connectivity index (χ2v) is 7.50. The zero-order valence-corrected chi connectivity index (χ0v) is 16.9. The van der Waals surface area contributed by atoms with E-state index in [9.17, 15) is 4.79 Å². The summed E-state index contributed by atoms with van der Waals surface area (Å²) in [5, 5.41) is 2.90. The summed E-state index contributed by atoms with van der Waals surface area (Å²) in [5.74, 6) is 1.71. The van der Waals surface area contributed by atoms with E-state index < -0.39 is 0 Å². The van der Waals surface area contributed by atoms with Gasteiger partial charge in [-0.3, -0.25) is 4.79 Å². The van der Waals surface area contributed by atoms with Crippen molar-refractivity contribution in [2.75, 3.05) is 6.54 Å². The first kappa shape index (κ1) is 20.0. The molecule has 0 aliphatic heterocycles. The van der Waals surface area contributed by atoms with Crippen LogP contribution in [0.3, 0.4) is 0 Å². The smallest absolute Gasteiger partial charge is 0.251 e. The van der Waals surface area contributed by atoms with Crippen molar-refractivity contribution in [3.8, 4) is 5.75 Å². The van der Waals surface area contributed by atoms with E-state index in [1.807, 2.05) is 67.6 Å². The summed E-state index contributed by atoms with van der Waals surface area (Å²) in [5.41, 5.74) is 3.01.